The van der Waals surface area contributed by atoms with Gasteiger partial charge in [-0.15, -0.1) is 0 Å². The van der Waals surface area contributed by atoms with Crippen LogP contribution in [0.3, 0.4) is 0 Å². The first-order chi connectivity index (χ1) is 13.8. The maximum atomic E-state index is 13.2. The van der Waals surface area contributed by atoms with E-state index < -0.39 is 10.0 Å². The van der Waals surface area contributed by atoms with Gasteiger partial charge in [-0.05, 0) is 43.7 Å². The van der Waals surface area contributed by atoms with Crippen LogP contribution in [0.1, 0.15) is 36.7 Å². The number of aromatic nitrogens is 1. The zero-order valence-corrected chi connectivity index (χ0v) is 18.7. The third kappa shape index (κ3) is 4.05. The van der Waals surface area contributed by atoms with E-state index in [-0.39, 0.29) is 10.8 Å². The fourth-order valence-corrected chi connectivity index (χ4v) is 5.82. The van der Waals surface area contributed by atoms with Gasteiger partial charge in [0.25, 0.3) is 5.91 Å². The van der Waals surface area contributed by atoms with Gasteiger partial charge in [0.2, 0.25) is 10.0 Å². The zero-order chi connectivity index (χ0) is 21.2. The lowest BCUT2D eigenvalue weighted by molar-refractivity contribution is 0.0988. The minimum atomic E-state index is -3.63. The first kappa shape index (κ1) is 21.4. The summed E-state index contributed by atoms with van der Waals surface area (Å²) in [6, 6.07) is 12.2. The normalized spacial score (nSPS) is 11.9. The van der Waals surface area contributed by atoms with Crippen LogP contribution in [0.5, 0.6) is 0 Å². The van der Waals surface area contributed by atoms with E-state index in [1.54, 1.807) is 30.9 Å². The topological polar surface area (TPSA) is 70.6 Å². The van der Waals surface area contributed by atoms with Crippen molar-refractivity contribution >= 4 is 42.6 Å². The van der Waals surface area contributed by atoms with Gasteiger partial charge < -0.3 is 0 Å². The van der Waals surface area contributed by atoms with Crippen molar-refractivity contribution in [2.75, 3.05) is 24.5 Å². The van der Waals surface area contributed by atoms with Crippen molar-refractivity contribution in [2.24, 2.45) is 0 Å². The van der Waals surface area contributed by atoms with E-state index in [9.17, 15) is 13.2 Å². The molecule has 1 aromatic heterocycles. The summed E-state index contributed by atoms with van der Waals surface area (Å²) in [6.45, 7) is 8.66. The number of amides is 1. The van der Waals surface area contributed by atoms with Crippen molar-refractivity contribution in [3.05, 3.63) is 53.6 Å². The number of thiazole rings is 1. The monoisotopic (exact) mass is 431 g/mol. The molecule has 0 aliphatic rings. The van der Waals surface area contributed by atoms with E-state index in [0.29, 0.717) is 30.3 Å². The lowest BCUT2D eigenvalue weighted by Crippen LogP contribution is -2.32. The fraction of sp³-hybridized carbons (Fsp3) is 0.333. The molecule has 1 amide bonds. The standard InChI is InChI=1S/C21H25N3O3S2/c1-5-23(6-2)29(26,27)17-12-9-11-16(14-17)20(25)24(7-3)21-22-19-15(4)10-8-13-18(19)28-21/h8-14H,5-7H2,1-4H3. The van der Waals surface area contributed by atoms with Crippen LogP contribution in [0.4, 0.5) is 5.13 Å². The predicted octanol–water partition coefficient (Wildman–Crippen LogP) is 4.30. The Labute approximate surface area is 175 Å². The second-order valence-electron chi connectivity index (χ2n) is 6.58. The van der Waals surface area contributed by atoms with Gasteiger partial charge in [0.1, 0.15) is 0 Å². The predicted molar refractivity (Wildman–Crippen MR) is 118 cm³/mol. The molecule has 3 aromatic rings. The van der Waals surface area contributed by atoms with Crippen molar-refractivity contribution in [3.8, 4) is 0 Å². The summed E-state index contributed by atoms with van der Waals surface area (Å²) in [4.78, 5) is 19.6. The molecule has 0 aliphatic heterocycles. The van der Waals surface area contributed by atoms with Crippen molar-refractivity contribution in [1.82, 2.24) is 9.29 Å². The average Bonchev–Trinajstić information content (AvgIpc) is 3.14. The molecule has 1 heterocycles. The molecule has 0 unspecified atom stereocenters. The van der Waals surface area contributed by atoms with Crippen LogP contribution in [0.25, 0.3) is 10.2 Å². The zero-order valence-electron chi connectivity index (χ0n) is 17.0. The molecule has 6 nitrogen and oxygen atoms in total. The number of hydrogen-bond acceptors (Lipinski definition) is 5. The summed E-state index contributed by atoms with van der Waals surface area (Å²) in [6.07, 6.45) is 0. The van der Waals surface area contributed by atoms with E-state index in [1.165, 1.54) is 27.8 Å². The third-order valence-corrected chi connectivity index (χ3v) is 7.92. The molecule has 0 saturated carbocycles. The molecular formula is C21H25N3O3S2. The molecule has 29 heavy (non-hydrogen) atoms. The van der Waals surface area contributed by atoms with Crippen molar-refractivity contribution in [2.45, 2.75) is 32.6 Å². The number of benzene rings is 2. The van der Waals surface area contributed by atoms with E-state index in [4.69, 9.17) is 0 Å². The lowest BCUT2D eigenvalue weighted by Gasteiger charge is -2.20. The molecule has 3 rings (SSSR count). The smallest absolute Gasteiger partial charge is 0.260 e. The Kier molecular flexibility index (Phi) is 6.36. The number of nitrogens with zero attached hydrogens (tertiary/aromatic N) is 3. The number of fused-ring (bicyclic) bond motifs is 1. The van der Waals surface area contributed by atoms with Crippen LogP contribution < -0.4 is 4.90 Å². The fourth-order valence-electron chi connectivity index (χ4n) is 3.21. The number of rotatable bonds is 7. The van der Waals surface area contributed by atoms with Gasteiger partial charge in [0, 0.05) is 25.2 Å². The molecule has 0 aliphatic carbocycles. The first-order valence-corrected chi connectivity index (χ1v) is 11.9. The number of anilines is 1. The molecule has 0 spiro atoms. The highest BCUT2D eigenvalue weighted by atomic mass is 32.2. The molecule has 0 bridgehead atoms. The van der Waals surface area contributed by atoms with Gasteiger partial charge >= 0.3 is 0 Å². The highest BCUT2D eigenvalue weighted by Gasteiger charge is 2.25. The summed E-state index contributed by atoms with van der Waals surface area (Å²) in [5.41, 5.74) is 2.27. The molecule has 8 heteroatoms. The highest BCUT2D eigenvalue weighted by Crippen LogP contribution is 2.31. The van der Waals surface area contributed by atoms with Crippen LogP contribution in [-0.2, 0) is 10.0 Å². The van der Waals surface area contributed by atoms with E-state index in [1.807, 2.05) is 32.0 Å². The molecule has 2 aromatic carbocycles. The third-order valence-electron chi connectivity index (χ3n) is 4.83. The summed E-state index contributed by atoms with van der Waals surface area (Å²) in [5, 5.41) is 0.610. The Balaban J connectivity index is 1.99. The summed E-state index contributed by atoms with van der Waals surface area (Å²) in [5.74, 6) is -0.263. The van der Waals surface area contributed by atoms with Crippen LogP contribution in [0, 0.1) is 6.92 Å². The van der Waals surface area contributed by atoms with Crippen LogP contribution in [0.15, 0.2) is 47.4 Å². The highest BCUT2D eigenvalue weighted by molar-refractivity contribution is 7.89. The van der Waals surface area contributed by atoms with Gasteiger partial charge in [-0.1, -0.05) is 43.4 Å². The number of carbonyl (C=O) groups excluding carboxylic acids is 1. The number of sulfonamides is 1. The van der Waals surface area contributed by atoms with Gasteiger partial charge in [-0.3, -0.25) is 9.69 Å². The maximum Gasteiger partial charge on any atom is 0.260 e. The minimum Gasteiger partial charge on any atom is -0.284 e. The molecular weight excluding hydrogens is 406 g/mol. The van der Waals surface area contributed by atoms with Crippen LogP contribution >= 0.6 is 11.3 Å². The molecule has 154 valence electrons. The second kappa shape index (κ2) is 8.61. The second-order valence-corrected chi connectivity index (χ2v) is 9.53. The van der Waals surface area contributed by atoms with E-state index in [2.05, 4.69) is 4.98 Å². The first-order valence-electron chi connectivity index (χ1n) is 9.61. The maximum absolute atomic E-state index is 13.2. The molecule has 0 N–H and O–H groups in total. The molecule has 0 radical (unpaired) electrons. The Morgan fingerprint density at radius 1 is 1.03 bits per heavy atom. The quantitative estimate of drug-likeness (QED) is 0.559. The number of aryl methyl sites for hydroxylation is 1. The van der Waals surface area contributed by atoms with Gasteiger partial charge in [-0.2, -0.15) is 4.31 Å². The molecule has 0 atom stereocenters. The molecule has 0 saturated heterocycles. The average molecular weight is 432 g/mol. The van der Waals surface area contributed by atoms with E-state index >= 15 is 0 Å². The number of carbonyl (C=O) groups is 1. The summed E-state index contributed by atoms with van der Waals surface area (Å²) in [7, 11) is -3.63. The Morgan fingerprint density at radius 3 is 2.34 bits per heavy atom. The van der Waals surface area contributed by atoms with Crippen molar-refractivity contribution in [1.29, 1.82) is 0 Å². The van der Waals surface area contributed by atoms with Crippen molar-refractivity contribution in [3.63, 3.8) is 0 Å². The SMILES string of the molecule is CCN(C(=O)c1cccc(S(=O)(=O)N(CC)CC)c1)c1nc2c(C)cccc2s1. The van der Waals surface area contributed by atoms with Crippen molar-refractivity contribution < 1.29 is 13.2 Å². The summed E-state index contributed by atoms with van der Waals surface area (Å²) < 4.78 is 28.0. The van der Waals surface area contributed by atoms with Gasteiger partial charge in [-0.25, -0.2) is 13.4 Å². The van der Waals surface area contributed by atoms with Crippen LogP contribution in [0.2, 0.25) is 0 Å². The Bertz CT molecular complexity index is 1140. The Morgan fingerprint density at radius 2 is 1.72 bits per heavy atom. The lowest BCUT2D eigenvalue weighted by atomic mass is 10.2. The van der Waals surface area contributed by atoms with E-state index in [0.717, 1.165) is 15.8 Å². The number of hydrogen-bond donors (Lipinski definition) is 0. The minimum absolute atomic E-state index is 0.128. The van der Waals surface area contributed by atoms with Gasteiger partial charge in [0.05, 0.1) is 15.1 Å². The van der Waals surface area contributed by atoms with Gasteiger partial charge in [0.15, 0.2) is 5.13 Å². The number of para-hydroxylation sites is 1. The Hall–Kier alpha value is -2.29. The van der Waals surface area contributed by atoms with Crippen LogP contribution in [-0.4, -0.2) is 43.2 Å². The largest absolute Gasteiger partial charge is 0.284 e. The summed E-state index contributed by atoms with van der Waals surface area (Å²) >= 11 is 1.46. The molecule has 0 fully saturated rings.